The minimum absolute atomic E-state index is 0.107. The molecule has 2 rings (SSSR count). The minimum Gasteiger partial charge on any atom is -0.489 e. The second kappa shape index (κ2) is 9.32. The van der Waals surface area contributed by atoms with Crippen LogP contribution in [-0.4, -0.2) is 32.2 Å². The zero-order valence-corrected chi connectivity index (χ0v) is 14.4. The maximum atomic E-state index is 11.8. The summed E-state index contributed by atoms with van der Waals surface area (Å²) in [4.78, 5) is 24.5. The van der Waals surface area contributed by atoms with Gasteiger partial charge in [0.05, 0.1) is 7.11 Å². The van der Waals surface area contributed by atoms with Crippen LogP contribution in [0.2, 0.25) is 0 Å². The molecule has 6 heteroatoms. The van der Waals surface area contributed by atoms with Gasteiger partial charge in [0.1, 0.15) is 12.4 Å². The van der Waals surface area contributed by atoms with Gasteiger partial charge in [-0.1, -0.05) is 30.3 Å². The van der Waals surface area contributed by atoms with E-state index in [-0.39, 0.29) is 5.91 Å². The van der Waals surface area contributed by atoms with Crippen molar-refractivity contribution < 1.29 is 19.1 Å². The standard InChI is InChI=1S/C19H22N2O4/c1-15(22)21(13-12-20-19(23)24-2)17-8-10-18(11-9-17)25-14-16-6-4-3-5-7-16/h3-11H,12-14H2,1-2H3,(H,20,23). The van der Waals surface area contributed by atoms with E-state index < -0.39 is 6.09 Å². The Morgan fingerprint density at radius 1 is 1.04 bits per heavy atom. The van der Waals surface area contributed by atoms with Crippen molar-refractivity contribution >= 4 is 17.7 Å². The summed E-state index contributed by atoms with van der Waals surface area (Å²) in [6.45, 7) is 2.63. The Morgan fingerprint density at radius 2 is 1.72 bits per heavy atom. The number of carbonyl (C=O) groups excluding carboxylic acids is 2. The zero-order valence-electron chi connectivity index (χ0n) is 14.4. The minimum atomic E-state index is -0.520. The number of nitrogens with zero attached hydrogens (tertiary/aromatic N) is 1. The number of ether oxygens (including phenoxy) is 2. The molecule has 0 fully saturated rings. The first-order chi connectivity index (χ1) is 12.1. The Morgan fingerprint density at radius 3 is 2.32 bits per heavy atom. The molecular weight excluding hydrogens is 320 g/mol. The summed E-state index contributed by atoms with van der Waals surface area (Å²) < 4.78 is 10.2. The van der Waals surface area contributed by atoms with Gasteiger partial charge < -0.3 is 19.7 Å². The summed E-state index contributed by atoms with van der Waals surface area (Å²) in [5, 5.41) is 2.56. The molecule has 25 heavy (non-hydrogen) atoms. The van der Waals surface area contributed by atoms with Crippen LogP contribution in [0.3, 0.4) is 0 Å². The lowest BCUT2D eigenvalue weighted by molar-refractivity contribution is -0.116. The van der Waals surface area contributed by atoms with Crippen LogP contribution in [0.1, 0.15) is 12.5 Å². The maximum absolute atomic E-state index is 11.8. The highest BCUT2D eigenvalue weighted by atomic mass is 16.5. The highest BCUT2D eigenvalue weighted by molar-refractivity contribution is 5.91. The van der Waals surface area contributed by atoms with Gasteiger partial charge in [-0.3, -0.25) is 4.79 Å². The Bertz CT molecular complexity index is 686. The van der Waals surface area contributed by atoms with E-state index in [0.717, 1.165) is 17.0 Å². The van der Waals surface area contributed by atoms with E-state index in [9.17, 15) is 9.59 Å². The molecule has 0 aromatic heterocycles. The normalized spacial score (nSPS) is 10.0. The number of hydrogen-bond donors (Lipinski definition) is 1. The molecular formula is C19H22N2O4. The Balaban J connectivity index is 1.93. The van der Waals surface area contributed by atoms with Crippen molar-refractivity contribution in [3.8, 4) is 5.75 Å². The fourth-order valence-electron chi connectivity index (χ4n) is 2.27. The van der Waals surface area contributed by atoms with Gasteiger partial charge in [0.25, 0.3) is 0 Å². The van der Waals surface area contributed by atoms with Crippen molar-refractivity contribution in [3.05, 3.63) is 60.2 Å². The summed E-state index contributed by atoms with van der Waals surface area (Å²) in [5.74, 6) is 0.619. The van der Waals surface area contributed by atoms with E-state index in [0.29, 0.717) is 19.7 Å². The van der Waals surface area contributed by atoms with Crippen LogP contribution in [0.4, 0.5) is 10.5 Å². The fourth-order valence-corrected chi connectivity index (χ4v) is 2.27. The first-order valence-corrected chi connectivity index (χ1v) is 7.97. The molecule has 2 amide bonds. The average Bonchev–Trinajstić information content (AvgIpc) is 2.64. The van der Waals surface area contributed by atoms with E-state index in [1.54, 1.807) is 4.90 Å². The molecule has 2 aromatic rings. The molecule has 0 heterocycles. The molecule has 2 aromatic carbocycles. The molecule has 0 spiro atoms. The Hall–Kier alpha value is -3.02. The van der Waals surface area contributed by atoms with Gasteiger partial charge in [0.15, 0.2) is 0 Å². The van der Waals surface area contributed by atoms with E-state index in [2.05, 4.69) is 10.1 Å². The highest BCUT2D eigenvalue weighted by Gasteiger charge is 2.12. The number of carbonyl (C=O) groups is 2. The van der Waals surface area contributed by atoms with Crippen molar-refractivity contribution in [1.82, 2.24) is 5.32 Å². The van der Waals surface area contributed by atoms with Crippen molar-refractivity contribution in [2.24, 2.45) is 0 Å². The molecule has 0 radical (unpaired) electrons. The molecule has 6 nitrogen and oxygen atoms in total. The summed E-state index contributed by atoms with van der Waals surface area (Å²) >= 11 is 0. The predicted molar refractivity (Wildman–Crippen MR) is 95.7 cm³/mol. The van der Waals surface area contributed by atoms with Gasteiger partial charge in [-0.25, -0.2) is 4.79 Å². The largest absolute Gasteiger partial charge is 0.489 e. The number of alkyl carbamates (subject to hydrolysis) is 1. The summed E-state index contributed by atoms with van der Waals surface area (Å²) in [5.41, 5.74) is 1.83. The molecule has 0 unspecified atom stereocenters. The van der Waals surface area contributed by atoms with Gasteiger partial charge in [0.2, 0.25) is 5.91 Å². The van der Waals surface area contributed by atoms with Crippen LogP contribution in [0.25, 0.3) is 0 Å². The fraction of sp³-hybridized carbons (Fsp3) is 0.263. The third-order valence-corrected chi connectivity index (χ3v) is 3.57. The van der Waals surface area contributed by atoms with Crippen molar-refractivity contribution in [2.45, 2.75) is 13.5 Å². The third kappa shape index (κ3) is 5.84. The molecule has 0 aliphatic heterocycles. The molecule has 0 saturated carbocycles. The van der Waals surface area contributed by atoms with Crippen molar-refractivity contribution in [2.75, 3.05) is 25.1 Å². The molecule has 0 aliphatic carbocycles. The van der Waals surface area contributed by atoms with E-state index >= 15 is 0 Å². The second-order valence-electron chi connectivity index (χ2n) is 5.36. The van der Waals surface area contributed by atoms with E-state index in [1.165, 1.54) is 14.0 Å². The lowest BCUT2D eigenvalue weighted by Gasteiger charge is -2.21. The topological polar surface area (TPSA) is 67.9 Å². The quantitative estimate of drug-likeness (QED) is 0.840. The number of methoxy groups -OCH3 is 1. The lowest BCUT2D eigenvalue weighted by atomic mass is 10.2. The first-order valence-electron chi connectivity index (χ1n) is 7.97. The van der Waals surface area contributed by atoms with Crippen LogP contribution in [0.5, 0.6) is 5.75 Å². The number of nitrogens with one attached hydrogen (secondary N) is 1. The smallest absolute Gasteiger partial charge is 0.406 e. The number of anilines is 1. The van der Waals surface area contributed by atoms with Crippen LogP contribution in [-0.2, 0) is 16.1 Å². The van der Waals surface area contributed by atoms with Crippen LogP contribution >= 0.6 is 0 Å². The molecule has 1 N–H and O–H groups in total. The van der Waals surface area contributed by atoms with Crippen LogP contribution in [0.15, 0.2) is 54.6 Å². The Labute approximate surface area is 147 Å². The van der Waals surface area contributed by atoms with E-state index in [1.807, 2.05) is 54.6 Å². The van der Waals surface area contributed by atoms with Gasteiger partial charge in [-0.15, -0.1) is 0 Å². The monoisotopic (exact) mass is 342 g/mol. The summed E-state index contributed by atoms with van der Waals surface area (Å²) in [6, 6.07) is 17.2. The number of benzene rings is 2. The predicted octanol–water partition coefficient (Wildman–Crippen LogP) is 2.97. The van der Waals surface area contributed by atoms with Gasteiger partial charge in [-0.05, 0) is 29.8 Å². The molecule has 0 bridgehead atoms. The van der Waals surface area contributed by atoms with Crippen molar-refractivity contribution in [3.63, 3.8) is 0 Å². The summed E-state index contributed by atoms with van der Waals surface area (Å²) in [7, 11) is 1.30. The summed E-state index contributed by atoms with van der Waals surface area (Å²) in [6.07, 6.45) is -0.520. The van der Waals surface area contributed by atoms with Gasteiger partial charge >= 0.3 is 6.09 Å². The van der Waals surface area contributed by atoms with Crippen LogP contribution in [0, 0.1) is 0 Å². The number of rotatable bonds is 7. The van der Waals surface area contributed by atoms with Crippen LogP contribution < -0.4 is 15.0 Å². The second-order valence-corrected chi connectivity index (χ2v) is 5.36. The third-order valence-electron chi connectivity index (χ3n) is 3.57. The van der Waals surface area contributed by atoms with Crippen molar-refractivity contribution in [1.29, 1.82) is 0 Å². The maximum Gasteiger partial charge on any atom is 0.406 e. The molecule has 0 saturated heterocycles. The van der Waals surface area contributed by atoms with Gasteiger partial charge in [0, 0.05) is 25.7 Å². The SMILES string of the molecule is COC(=O)NCCN(C(C)=O)c1ccc(OCc2ccccc2)cc1. The first kappa shape index (κ1) is 18.3. The van der Waals surface area contributed by atoms with Gasteiger partial charge in [-0.2, -0.15) is 0 Å². The zero-order chi connectivity index (χ0) is 18.1. The molecule has 0 atom stereocenters. The van der Waals surface area contributed by atoms with E-state index in [4.69, 9.17) is 4.74 Å². The molecule has 132 valence electrons. The Kier molecular flexibility index (Phi) is 6.83. The number of hydrogen-bond acceptors (Lipinski definition) is 4. The average molecular weight is 342 g/mol. The highest BCUT2D eigenvalue weighted by Crippen LogP contribution is 2.20. The number of amides is 2. The lowest BCUT2D eigenvalue weighted by Crippen LogP contribution is -2.37. The molecule has 0 aliphatic rings.